The maximum absolute atomic E-state index is 9.15. The predicted octanol–water partition coefficient (Wildman–Crippen LogP) is -0.405. The molecular weight excluding hydrogens is 82.0 g/mol. The third-order valence-electron chi connectivity index (χ3n) is 0.258. The highest BCUT2D eigenvalue weighted by molar-refractivity contribution is 5.37. The molecule has 1 radical (unpaired) electrons. The van der Waals surface area contributed by atoms with Crippen molar-refractivity contribution in [3.63, 3.8) is 0 Å². The Labute approximate surface area is 36.2 Å². The SMILES string of the molecule is CCNO[C]=O. The Morgan fingerprint density at radius 2 is 2.67 bits per heavy atom. The minimum absolute atomic E-state index is 0.620. The second-order valence-corrected chi connectivity index (χ2v) is 0.683. The van der Waals surface area contributed by atoms with Gasteiger partial charge in [-0.25, -0.2) is 4.79 Å². The van der Waals surface area contributed by atoms with E-state index in [1.54, 1.807) is 0 Å². The van der Waals surface area contributed by atoms with Crippen molar-refractivity contribution in [2.45, 2.75) is 6.92 Å². The van der Waals surface area contributed by atoms with Crippen LogP contribution in [-0.2, 0) is 9.63 Å². The standard InChI is InChI=1S/C3H6NO2/c1-2-4-6-3-5/h4H,2H2,1H3. The topological polar surface area (TPSA) is 38.3 Å². The van der Waals surface area contributed by atoms with E-state index in [1.165, 1.54) is 6.47 Å². The van der Waals surface area contributed by atoms with Gasteiger partial charge in [0.05, 0.1) is 0 Å². The average molecular weight is 88.1 g/mol. The van der Waals surface area contributed by atoms with Crippen molar-refractivity contribution >= 4 is 6.47 Å². The second kappa shape index (κ2) is 4.43. The lowest BCUT2D eigenvalue weighted by molar-refractivity contribution is 0.175. The Morgan fingerprint density at radius 3 is 2.83 bits per heavy atom. The summed E-state index contributed by atoms with van der Waals surface area (Å²) < 4.78 is 0. The number of hydrogen-bond acceptors (Lipinski definition) is 3. The van der Waals surface area contributed by atoms with Gasteiger partial charge in [0.1, 0.15) is 0 Å². The average Bonchev–Trinajstić information content (AvgIpc) is 1.61. The van der Waals surface area contributed by atoms with E-state index in [-0.39, 0.29) is 0 Å². The minimum atomic E-state index is 0.620. The molecule has 1 N–H and O–H groups in total. The Balaban J connectivity index is 2.49. The van der Waals surface area contributed by atoms with Gasteiger partial charge < -0.3 is 4.84 Å². The Kier molecular flexibility index (Phi) is 4.01. The Bertz CT molecular complexity index is 37.8. The van der Waals surface area contributed by atoms with E-state index in [0.717, 1.165) is 0 Å². The van der Waals surface area contributed by atoms with Gasteiger partial charge in [0, 0.05) is 6.54 Å². The van der Waals surface area contributed by atoms with E-state index < -0.39 is 0 Å². The number of hydroxylamine groups is 1. The van der Waals surface area contributed by atoms with Crippen LogP contribution in [0.1, 0.15) is 6.92 Å². The summed E-state index contributed by atoms with van der Waals surface area (Å²) in [4.78, 5) is 13.1. The van der Waals surface area contributed by atoms with Gasteiger partial charge >= 0.3 is 6.47 Å². The lowest BCUT2D eigenvalue weighted by Crippen LogP contribution is -2.11. The largest absolute Gasteiger partial charge is 0.437 e. The first-order chi connectivity index (χ1) is 2.91. The summed E-state index contributed by atoms with van der Waals surface area (Å²) in [7, 11) is 0. The zero-order valence-electron chi connectivity index (χ0n) is 3.52. The molecule has 35 valence electrons. The van der Waals surface area contributed by atoms with Gasteiger partial charge in [-0.15, -0.1) is 0 Å². The molecule has 0 spiro atoms. The molecular formula is C3H6NO2. The molecule has 0 aromatic carbocycles. The number of carbonyl (C=O) groups excluding carboxylic acids is 1. The van der Waals surface area contributed by atoms with Crippen LogP contribution in [0, 0.1) is 0 Å². The van der Waals surface area contributed by atoms with Gasteiger partial charge in [0.2, 0.25) is 0 Å². The molecule has 0 aliphatic rings. The molecule has 0 unspecified atom stereocenters. The van der Waals surface area contributed by atoms with E-state index in [2.05, 4.69) is 10.3 Å². The predicted molar refractivity (Wildman–Crippen MR) is 20.5 cm³/mol. The molecule has 3 nitrogen and oxygen atoms in total. The van der Waals surface area contributed by atoms with E-state index in [0.29, 0.717) is 6.54 Å². The minimum Gasteiger partial charge on any atom is -0.362 e. The number of hydrogen-bond donors (Lipinski definition) is 1. The maximum Gasteiger partial charge on any atom is 0.437 e. The summed E-state index contributed by atoms with van der Waals surface area (Å²) in [6.07, 6.45) is 0. The van der Waals surface area contributed by atoms with Crippen molar-refractivity contribution in [3.05, 3.63) is 0 Å². The third kappa shape index (κ3) is 3.43. The van der Waals surface area contributed by atoms with Gasteiger partial charge in [-0.05, 0) is 6.92 Å². The summed E-state index contributed by atoms with van der Waals surface area (Å²) in [6.45, 7) is 3.64. The maximum atomic E-state index is 9.15. The zero-order valence-corrected chi connectivity index (χ0v) is 3.52. The highest BCUT2D eigenvalue weighted by Crippen LogP contribution is 1.49. The Hall–Kier alpha value is -0.570. The van der Waals surface area contributed by atoms with Gasteiger partial charge in [0.15, 0.2) is 0 Å². The van der Waals surface area contributed by atoms with Crippen LogP contribution in [0.2, 0.25) is 0 Å². The molecule has 0 aromatic heterocycles. The Morgan fingerprint density at radius 1 is 2.00 bits per heavy atom. The summed E-state index contributed by atoms with van der Waals surface area (Å²) in [5.74, 6) is 0. The highest BCUT2D eigenvalue weighted by atomic mass is 16.7. The van der Waals surface area contributed by atoms with Crippen molar-refractivity contribution in [2.75, 3.05) is 6.54 Å². The molecule has 0 rings (SSSR count). The summed E-state index contributed by atoms with van der Waals surface area (Å²) in [6, 6.07) is 0. The van der Waals surface area contributed by atoms with Crippen LogP contribution in [0.15, 0.2) is 0 Å². The number of nitrogens with one attached hydrogen (secondary N) is 1. The number of rotatable bonds is 3. The van der Waals surface area contributed by atoms with Crippen LogP contribution in [0.4, 0.5) is 0 Å². The molecule has 0 aromatic rings. The van der Waals surface area contributed by atoms with Gasteiger partial charge in [-0.1, -0.05) is 0 Å². The molecule has 0 amide bonds. The van der Waals surface area contributed by atoms with E-state index in [9.17, 15) is 0 Å². The van der Waals surface area contributed by atoms with Crippen LogP contribution in [0.25, 0.3) is 0 Å². The van der Waals surface area contributed by atoms with Gasteiger partial charge in [0.25, 0.3) is 0 Å². The van der Waals surface area contributed by atoms with Crippen molar-refractivity contribution in [3.8, 4) is 0 Å². The van der Waals surface area contributed by atoms with E-state index >= 15 is 0 Å². The smallest absolute Gasteiger partial charge is 0.362 e. The van der Waals surface area contributed by atoms with Crippen LogP contribution >= 0.6 is 0 Å². The molecule has 0 atom stereocenters. The first kappa shape index (κ1) is 5.43. The highest BCUT2D eigenvalue weighted by Gasteiger charge is 1.70. The molecule has 6 heavy (non-hydrogen) atoms. The quantitative estimate of drug-likeness (QED) is 0.376. The van der Waals surface area contributed by atoms with Crippen molar-refractivity contribution < 1.29 is 9.63 Å². The molecule has 0 heterocycles. The first-order valence-corrected chi connectivity index (χ1v) is 1.67. The normalized spacial score (nSPS) is 7.50. The third-order valence-corrected chi connectivity index (χ3v) is 0.258. The molecule has 0 saturated heterocycles. The molecule has 0 bridgehead atoms. The fourth-order valence-corrected chi connectivity index (χ4v) is 0.102. The molecule has 0 aliphatic heterocycles. The monoisotopic (exact) mass is 88.0 g/mol. The fourth-order valence-electron chi connectivity index (χ4n) is 0.102. The second-order valence-electron chi connectivity index (χ2n) is 0.683. The van der Waals surface area contributed by atoms with Crippen LogP contribution in [0.5, 0.6) is 0 Å². The summed E-state index contributed by atoms with van der Waals surface area (Å²) in [5.41, 5.74) is 2.27. The van der Waals surface area contributed by atoms with Crippen LogP contribution in [0.3, 0.4) is 0 Å². The fraction of sp³-hybridized carbons (Fsp3) is 0.667. The molecule has 0 fully saturated rings. The molecule has 3 heteroatoms. The van der Waals surface area contributed by atoms with E-state index in [1.807, 2.05) is 6.92 Å². The summed E-state index contributed by atoms with van der Waals surface area (Å²) in [5, 5.41) is 0. The molecule has 0 aliphatic carbocycles. The van der Waals surface area contributed by atoms with Gasteiger partial charge in [-0.2, -0.15) is 5.48 Å². The zero-order chi connectivity index (χ0) is 4.83. The van der Waals surface area contributed by atoms with Crippen LogP contribution < -0.4 is 5.48 Å². The first-order valence-electron chi connectivity index (χ1n) is 1.67. The lowest BCUT2D eigenvalue weighted by atomic mass is 10.8. The van der Waals surface area contributed by atoms with Crippen molar-refractivity contribution in [1.29, 1.82) is 0 Å². The van der Waals surface area contributed by atoms with E-state index in [4.69, 9.17) is 4.79 Å². The van der Waals surface area contributed by atoms with Crippen LogP contribution in [-0.4, -0.2) is 13.0 Å². The van der Waals surface area contributed by atoms with Gasteiger partial charge in [-0.3, -0.25) is 0 Å². The van der Waals surface area contributed by atoms with Crippen molar-refractivity contribution in [2.24, 2.45) is 0 Å². The molecule has 0 saturated carbocycles. The van der Waals surface area contributed by atoms with Crippen molar-refractivity contribution in [1.82, 2.24) is 5.48 Å². The lowest BCUT2D eigenvalue weighted by Gasteiger charge is -1.87. The summed E-state index contributed by atoms with van der Waals surface area (Å²) >= 11 is 0.